The summed E-state index contributed by atoms with van der Waals surface area (Å²) in [5.41, 5.74) is 3.16. The van der Waals surface area contributed by atoms with E-state index in [-0.39, 0.29) is 0 Å². The van der Waals surface area contributed by atoms with Crippen LogP contribution in [0.2, 0.25) is 0 Å². The minimum Gasteiger partial charge on any atom is -0.313 e. The van der Waals surface area contributed by atoms with Crippen molar-refractivity contribution in [2.75, 3.05) is 6.54 Å². The Morgan fingerprint density at radius 2 is 1.89 bits per heavy atom. The zero-order chi connectivity index (χ0) is 13.1. The molecule has 1 atom stereocenters. The van der Waals surface area contributed by atoms with Gasteiger partial charge >= 0.3 is 0 Å². The maximum atomic E-state index is 3.83. The molecule has 1 saturated carbocycles. The number of fused-ring (bicyclic) bond motifs is 1. The number of nitrogens with one attached hydrogen (secondary N) is 1. The Morgan fingerprint density at radius 3 is 2.63 bits per heavy atom. The highest BCUT2D eigenvalue weighted by atomic mass is 14.9. The van der Waals surface area contributed by atoms with Crippen molar-refractivity contribution in [3.05, 3.63) is 35.4 Å². The molecular formula is C18H27N. The Bertz CT molecular complexity index is 404. The van der Waals surface area contributed by atoms with Crippen LogP contribution < -0.4 is 5.32 Å². The summed E-state index contributed by atoms with van der Waals surface area (Å²) in [6.07, 6.45) is 9.80. The standard InChI is InChI=1S/C18H27N/c1-2-5-14-8-10-17(11-9-14)19-13-16-12-15-6-3-4-7-18(15)16/h3-4,6-7,14,16-17,19H,2,5,8-13H2,1H3. The van der Waals surface area contributed by atoms with Crippen LogP contribution in [0.25, 0.3) is 0 Å². The van der Waals surface area contributed by atoms with E-state index in [1.807, 2.05) is 0 Å². The third kappa shape index (κ3) is 3.02. The first kappa shape index (κ1) is 13.2. The van der Waals surface area contributed by atoms with Crippen LogP contribution in [0.15, 0.2) is 24.3 Å². The van der Waals surface area contributed by atoms with Gasteiger partial charge in [0.15, 0.2) is 0 Å². The van der Waals surface area contributed by atoms with E-state index in [4.69, 9.17) is 0 Å². The summed E-state index contributed by atoms with van der Waals surface area (Å²) in [6, 6.07) is 9.73. The lowest BCUT2D eigenvalue weighted by atomic mass is 9.77. The molecule has 1 N–H and O–H groups in total. The van der Waals surface area contributed by atoms with Crippen LogP contribution in [-0.4, -0.2) is 12.6 Å². The Balaban J connectivity index is 1.40. The van der Waals surface area contributed by atoms with Gasteiger partial charge in [-0.05, 0) is 49.1 Å². The fourth-order valence-corrected chi connectivity index (χ4v) is 3.92. The first-order chi connectivity index (χ1) is 9.36. The van der Waals surface area contributed by atoms with Crippen LogP contribution in [0.5, 0.6) is 0 Å². The zero-order valence-corrected chi connectivity index (χ0v) is 12.2. The van der Waals surface area contributed by atoms with Crippen LogP contribution in [0, 0.1) is 5.92 Å². The van der Waals surface area contributed by atoms with Crippen LogP contribution in [0.4, 0.5) is 0 Å². The van der Waals surface area contributed by atoms with Crippen LogP contribution in [0.3, 0.4) is 0 Å². The van der Waals surface area contributed by atoms with Gasteiger partial charge in [0.25, 0.3) is 0 Å². The highest BCUT2D eigenvalue weighted by molar-refractivity contribution is 5.40. The molecule has 0 radical (unpaired) electrons. The van der Waals surface area contributed by atoms with Crippen molar-refractivity contribution in [3.8, 4) is 0 Å². The number of rotatable bonds is 5. The fourth-order valence-electron chi connectivity index (χ4n) is 3.92. The molecule has 0 heterocycles. The maximum absolute atomic E-state index is 3.83. The van der Waals surface area contributed by atoms with Gasteiger partial charge in [-0.2, -0.15) is 0 Å². The van der Waals surface area contributed by atoms with Gasteiger partial charge in [-0.3, -0.25) is 0 Å². The number of hydrogen-bond donors (Lipinski definition) is 1. The van der Waals surface area contributed by atoms with Gasteiger partial charge in [-0.1, -0.05) is 44.0 Å². The Kier molecular flexibility index (Phi) is 4.22. The first-order valence-corrected chi connectivity index (χ1v) is 8.18. The lowest BCUT2D eigenvalue weighted by molar-refractivity contribution is 0.274. The van der Waals surface area contributed by atoms with E-state index < -0.39 is 0 Å². The van der Waals surface area contributed by atoms with Crippen LogP contribution >= 0.6 is 0 Å². The molecule has 0 bridgehead atoms. The van der Waals surface area contributed by atoms with E-state index in [1.54, 1.807) is 11.1 Å². The first-order valence-electron chi connectivity index (χ1n) is 8.18. The SMILES string of the molecule is CCCC1CCC(NCC2Cc3ccccc32)CC1. The summed E-state index contributed by atoms with van der Waals surface area (Å²) in [5, 5.41) is 3.83. The second-order valence-corrected chi connectivity index (χ2v) is 6.51. The normalized spacial score (nSPS) is 29.6. The molecule has 104 valence electrons. The largest absolute Gasteiger partial charge is 0.313 e. The van der Waals surface area contributed by atoms with Gasteiger partial charge in [-0.25, -0.2) is 0 Å². The minimum atomic E-state index is 0.782. The van der Waals surface area contributed by atoms with E-state index in [9.17, 15) is 0 Å². The molecule has 1 aromatic carbocycles. The molecule has 1 aromatic rings. The van der Waals surface area contributed by atoms with Crippen molar-refractivity contribution in [1.29, 1.82) is 0 Å². The molecule has 2 aliphatic carbocycles. The molecule has 1 nitrogen and oxygen atoms in total. The summed E-state index contributed by atoms with van der Waals surface area (Å²) in [7, 11) is 0. The monoisotopic (exact) mass is 257 g/mol. The summed E-state index contributed by atoms with van der Waals surface area (Å²) in [4.78, 5) is 0. The van der Waals surface area contributed by atoms with E-state index in [1.165, 1.54) is 51.5 Å². The summed E-state index contributed by atoms with van der Waals surface area (Å²) in [6.45, 7) is 3.51. The van der Waals surface area contributed by atoms with E-state index in [0.717, 1.165) is 17.9 Å². The van der Waals surface area contributed by atoms with Crippen molar-refractivity contribution >= 4 is 0 Å². The zero-order valence-electron chi connectivity index (χ0n) is 12.2. The molecule has 0 aromatic heterocycles. The molecule has 3 rings (SSSR count). The molecular weight excluding hydrogens is 230 g/mol. The van der Waals surface area contributed by atoms with E-state index >= 15 is 0 Å². The molecule has 1 heteroatoms. The highest BCUT2D eigenvalue weighted by Gasteiger charge is 2.27. The third-order valence-corrected chi connectivity index (χ3v) is 5.16. The lowest BCUT2D eigenvalue weighted by Gasteiger charge is -2.34. The average Bonchev–Trinajstić information content (AvgIpc) is 2.42. The van der Waals surface area contributed by atoms with Crippen LogP contribution in [-0.2, 0) is 6.42 Å². The predicted molar refractivity (Wildman–Crippen MR) is 81.5 cm³/mol. The molecule has 0 spiro atoms. The summed E-state index contributed by atoms with van der Waals surface area (Å²) in [5.74, 6) is 1.80. The second-order valence-electron chi connectivity index (χ2n) is 6.51. The number of benzene rings is 1. The summed E-state index contributed by atoms with van der Waals surface area (Å²) < 4.78 is 0. The van der Waals surface area contributed by atoms with E-state index in [0.29, 0.717) is 0 Å². The fraction of sp³-hybridized carbons (Fsp3) is 0.667. The molecule has 0 saturated heterocycles. The molecule has 19 heavy (non-hydrogen) atoms. The molecule has 0 amide bonds. The Labute approximate surface area is 117 Å². The molecule has 1 fully saturated rings. The number of hydrogen-bond acceptors (Lipinski definition) is 1. The van der Waals surface area contributed by atoms with Gasteiger partial charge in [0.2, 0.25) is 0 Å². The van der Waals surface area contributed by atoms with Gasteiger partial charge in [0.1, 0.15) is 0 Å². The second kappa shape index (κ2) is 6.09. The van der Waals surface area contributed by atoms with Crippen molar-refractivity contribution in [2.45, 2.75) is 63.8 Å². The van der Waals surface area contributed by atoms with Crippen molar-refractivity contribution in [3.63, 3.8) is 0 Å². The topological polar surface area (TPSA) is 12.0 Å². The Hall–Kier alpha value is -0.820. The Morgan fingerprint density at radius 1 is 1.11 bits per heavy atom. The van der Waals surface area contributed by atoms with Crippen LogP contribution in [0.1, 0.15) is 62.5 Å². The quantitative estimate of drug-likeness (QED) is 0.830. The highest BCUT2D eigenvalue weighted by Crippen LogP contribution is 2.35. The molecule has 1 unspecified atom stereocenters. The summed E-state index contributed by atoms with van der Waals surface area (Å²) >= 11 is 0. The smallest absolute Gasteiger partial charge is 0.00675 e. The van der Waals surface area contributed by atoms with Gasteiger partial charge in [-0.15, -0.1) is 0 Å². The minimum absolute atomic E-state index is 0.782. The maximum Gasteiger partial charge on any atom is 0.00675 e. The van der Waals surface area contributed by atoms with Crippen molar-refractivity contribution in [2.24, 2.45) is 5.92 Å². The van der Waals surface area contributed by atoms with Gasteiger partial charge < -0.3 is 5.32 Å². The van der Waals surface area contributed by atoms with Crippen molar-refractivity contribution in [1.82, 2.24) is 5.32 Å². The molecule has 2 aliphatic rings. The van der Waals surface area contributed by atoms with Gasteiger partial charge in [0, 0.05) is 18.5 Å². The van der Waals surface area contributed by atoms with Crippen molar-refractivity contribution < 1.29 is 0 Å². The predicted octanol–water partition coefficient (Wildman–Crippen LogP) is 4.27. The average molecular weight is 257 g/mol. The lowest BCUT2D eigenvalue weighted by Crippen LogP contribution is -2.38. The molecule has 0 aliphatic heterocycles. The third-order valence-electron chi connectivity index (χ3n) is 5.16. The van der Waals surface area contributed by atoms with E-state index in [2.05, 4.69) is 36.5 Å². The van der Waals surface area contributed by atoms with Gasteiger partial charge in [0.05, 0.1) is 0 Å².